The number of halogens is 1. The monoisotopic (exact) mass is 330 g/mol. The SMILES string of the molecule is C=CCN1CN(Cc2ccc(Cl)cc2)C=C2C1=NC(CC)N2C. The van der Waals surface area contributed by atoms with Crippen LogP contribution in [-0.2, 0) is 6.54 Å². The zero-order chi connectivity index (χ0) is 16.4. The zero-order valence-electron chi connectivity index (χ0n) is 13.7. The number of rotatable bonds is 5. The lowest BCUT2D eigenvalue weighted by Crippen LogP contribution is -2.45. The van der Waals surface area contributed by atoms with E-state index in [1.54, 1.807) is 0 Å². The van der Waals surface area contributed by atoms with E-state index in [1.807, 2.05) is 18.2 Å². The molecule has 23 heavy (non-hydrogen) atoms. The van der Waals surface area contributed by atoms with Gasteiger partial charge in [0.15, 0.2) is 5.84 Å². The fourth-order valence-corrected chi connectivity index (χ4v) is 3.22. The second kappa shape index (κ2) is 6.67. The summed E-state index contributed by atoms with van der Waals surface area (Å²) in [5.74, 6) is 1.09. The van der Waals surface area contributed by atoms with E-state index in [1.165, 1.54) is 11.3 Å². The van der Waals surface area contributed by atoms with Crippen molar-refractivity contribution < 1.29 is 0 Å². The van der Waals surface area contributed by atoms with Crippen LogP contribution in [0.1, 0.15) is 18.9 Å². The molecule has 5 heteroatoms. The van der Waals surface area contributed by atoms with E-state index >= 15 is 0 Å². The number of likely N-dealkylation sites (N-methyl/N-ethyl adjacent to an activating group) is 1. The van der Waals surface area contributed by atoms with Crippen molar-refractivity contribution in [1.82, 2.24) is 14.7 Å². The lowest BCUT2D eigenvalue weighted by atomic mass is 10.2. The van der Waals surface area contributed by atoms with Crippen LogP contribution in [0.2, 0.25) is 5.02 Å². The molecule has 0 radical (unpaired) electrons. The van der Waals surface area contributed by atoms with E-state index in [0.29, 0.717) is 0 Å². The Hall–Kier alpha value is -1.94. The molecule has 0 aliphatic carbocycles. The first-order valence-electron chi connectivity index (χ1n) is 7.99. The lowest BCUT2D eigenvalue weighted by Gasteiger charge is -2.37. The first-order chi connectivity index (χ1) is 11.1. The minimum absolute atomic E-state index is 0.235. The molecule has 0 amide bonds. The minimum Gasteiger partial charge on any atom is -0.353 e. The first kappa shape index (κ1) is 15.9. The molecule has 0 fully saturated rings. The van der Waals surface area contributed by atoms with Crippen LogP contribution in [0.5, 0.6) is 0 Å². The molecule has 1 aromatic carbocycles. The predicted octanol–water partition coefficient (Wildman–Crippen LogP) is 3.52. The van der Waals surface area contributed by atoms with Gasteiger partial charge >= 0.3 is 0 Å². The molecule has 3 rings (SSSR count). The first-order valence-corrected chi connectivity index (χ1v) is 8.37. The maximum absolute atomic E-state index is 5.98. The van der Waals surface area contributed by atoms with Crippen molar-refractivity contribution in [3.8, 4) is 0 Å². The molecule has 0 bridgehead atoms. The number of nitrogens with zero attached hydrogens (tertiary/aromatic N) is 4. The third kappa shape index (κ3) is 3.22. The normalized spacial score (nSPS) is 20.3. The van der Waals surface area contributed by atoms with Gasteiger partial charge < -0.3 is 14.7 Å². The van der Waals surface area contributed by atoms with Crippen LogP contribution in [0, 0.1) is 0 Å². The predicted molar refractivity (Wildman–Crippen MR) is 96.1 cm³/mol. The molecular weight excluding hydrogens is 308 g/mol. The van der Waals surface area contributed by atoms with Gasteiger partial charge in [-0.25, -0.2) is 4.99 Å². The summed E-state index contributed by atoms with van der Waals surface area (Å²) in [6, 6.07) is 8.04. The van der Waals surface area contributed by atoms with Crippen molar-refractivity contribution >= 4 is 17.4 Å². The van der Waals surface area contributed by atoms with Gasteiger partial charge in [-0.3, -0.25) is 0 Å². The summed E-state index contributed by atoms with van der Waals surface area (Å²) in [7, 11) is 2.12. The number of hydrogen-bond donors (Lipinski definition) is 0. The maximum Gasteiger partial charge on any atom is 0.152 e. The number of fused-ring (bicyclic) bond motifs is 1. The van der Waals surface area contributed by atoms with Gasteiger partial charge in [0.25, 0.3) is 0 Å². The van der Waals surface area contributed by atoms with Gasteiger partial charge in [-0.05, 0) is 24.1 Å². The van der Waals surface area contributed by atoms with Gasteiger partial charge in [-0.15, -0.1) is 6.58 Å². The van der Waals surface area contributed by atoms with E-state index in [4.69, 9.17) is 16.6 Å². The molecule has 2 aliphatic heterocycles. The van der Waals surface area contributed by atoms with Crippen molar-refractivity contribution in [2.45, 2.75) is 26.1 Å². The highest BCUT2D eigenvalue weighted by molar-refractivity contribution is 6.30. The van der Waals surface area contributed by atoms with Crippen LogP contribution >= 0.6 is 11.6 Å². The number of aliphatic imine (C=N–C) groups is 1. The molecule has 4 nitrogen and oxygen atoms in total. The van der Waals surface area contributed by atoms with E-state index in [0.717, 1.165) is 37.0 Å². The summed E-state index contributed by atoms with van der Waals surface area (Å²) in [5.41, 5.74) is 2.44. The topological polar surface area (TPSA) is 22.1 Å². The van der Waals surface area contributed by atoms with Crippen LogP contribution in [0.3, 0.4) is 0 Å². The van der Waals surface area contributed by atoms with Crippen LogP contribution in [0.25, 0.3) is 0 Å². The van der Waals surface area contributed by atoms with E-state index in [9.17, 15) is 0 Å². The molecule has 1 unspecified atom stereocenters. The zero-order valence-corrected chi connectivity index (χ0v) is 14.5. The van der Waals surface area contributed by atoms with Gasteiger partial charge in [-0.1, -0.05) is 36.7 Å². The van der Waals surface area contributed by atoms with Crippen molar-refractivity contribution in [2.75, 3.05) is 20.3 Å². The van der Waals surface area contributed by atoms with Crippen LogP contribution in [0.15, 0.2) is 53.8 Å². The third-order valence-electron chi connectivity index (χ3n) is 4.30. The molecule has 1 atom stereocenters. The van der Waals surface area contributed by atoms with Gasteiger partial charge in [0, 0.05) is 31.4 Å². The van der Waals surface area contributed by atoms with E-state index < -0.39 is 0 Å². The molecule has 122 valence electrons. The molecule has 0 saturated heterocycles. The Kier molecular flexibility index (Phi) is 4.62. The minimum atomic E-state index is 0.235. The van der Waals surface area contributed by atoms with Crippen LogP contribution in [-0.4, -0.2) is 47.0 Å². The number of benzene rings is 1. The molecule has 1 aromatic rings. The molecule has 2 aliphatic rings. The van der Waals surface area contributed by atoms with Crippen molar-refractivity contribution in [3.05, 3.63) is 59.4 Å². The highest BCUT2D eigenvalue weighted by Crippen LogP contribution is 2.27. The molecular formula is C18H23ClN4. The highest BCUT2D eigenvalue weighted by atomic mass is 35.5. The maximum atomic E-state index is 5.98. The lowest BCUT2D eigenvalue weighted by molar-refractivity contribution is 0.231. The Balaban J connectivity index is 1.84. The molecule has 0 aromatic heterocycles. The average Bonchev–Trinajstić information content (AvgIpc) is 2.87. The molecule has 0 N–H and O–H groups in total. The van der Waals surface area contributed by atoms with Crippen molar-refractivity contribution in [3.63, 3.8) is 0 Å². The molecule has 2 heterocycles. The Morgan fingerprint density at radius 2 is 2.09 bits per heavy atom. The summed E-state index contributed by atoms with van der Waals surface area (Å²) < 4.78 is 0. The summed E-state index contributed by atoms with van der Waals surface area (Å²) in [6.45, 7) is 8.53. The largest absolute Gasteiger partial charge is 0.353 e. The second-order valence-corrected chi connectivity index (χ2v) is 6.43. The van der Waals surface area contributed by atoms with E-state index in [2.05, 4.69) is 53.6 Å². The summed E-state index contributed by atoms with van der Waals surface area (Å²) in [6.07, 6.45) is 5.41. The number of amidine groups is 1. The Morgan fingerprint density at radius 1 is 1.35 bits per heavy atom. The van der Waals surface area contributed by atoms with Crippen LogP contribution in [0.4, 0.5) is 0 Å². The molecule has 0 spiro atoms. The standard InChI is InChI=1S/C18H23ClN4/c1-4-10-23-13-22(11-14-6-8-15(19)9-7-14)12-16-18(23)20-17(5-2)21(16)3/h4,6-9,12,17H,1,5,10-11,13H2,2-3H3. The highest BCUT2D eigenvalue weighted by Gasteiger charge is 2.33. The Morgan fingerprint density at radius 3 is 2.74 bits per heavy atom. The Labute approximate surface area is 143 Å². The second-order valence-electron chi connectivity index (χ2n) is 5.99. The Bertz CT molecular complexity index is 635. The molecule has 0 saturated carbocycles. The summed E-state index contributed by atoms with van der Waals surface area (Å²) in [4.78, 5) is 11.7. The van der Waals surface area contributed by atoms with Crippen LogP contribution < -0.4 is 0 Å². The van der Waals surface area contributed by atoms with Crippen molar-refractivity contribution in [2.24, 2.45) is 4.99 Å². The third-order valence-corrected chi connectivity index (χ3v) is 4.55. The summed E-state index contributed by atoms with van der Waals surface area (Å²) >= 11 is 5.98. The van der Waals surface area contributed by atoms with Gasteiger partial charge in [0.05, 0.1) is 12.4 Å². The fourth-order valence-electron chi connectivity index (χ4n) is 3.09. The van der Waals surface area contributed by atoms with Gasteiger partial charge in [0.1, 0.15) is 6.17 Å². The van der Waals surface area contributed by atoms with Gasteiger partial charge in [0.2, 0.25) is 0 Å². The smallest absolute Gasteiger partial charge is 0.152 e. The van der Waals surface area contributed by atoms with Crippen molar-refractivity contribution in [1.29, 1.82) is 0 Å². The fraction of sp³-hybridized carbons (Fsp3) is 0.389. The summed E-state index contributed by atoms with van der Waals surface area (Å²) in [5, 5.41) is 0.773. The quantitative estimate of drug-likeness (QED) is 0.771. The average molecular weight is 331 g/mol. The van der Waals surface area contributed by atoms with Gasteiger partial charge in [-0.2, -0.15) is 0 Å². The van der Waals surface area contributed by atoms with E-state index in [-0.39, 0.29) is 6.17 Å². The number of hydrogen-bond acceptors (Lipinski definition) is 4.